The van der Waals surface area contributed by atoms with Crippen LogP contribution in [0.2, 0.25) is 0 Å². The Hall–Kier alpha value is -0.910. The van der Waals surface area contributed by atoms with Crippen molar-refractivity contribution in [3.8, 4) is 0 Å². The van der Waals surface area contributed by atoms with Crippen molar-refractivity contribution in [3.05, 3.63) is 0 Å². The van der Waals surface area contributed by atoms with Gasteiger partial charge in [-0.2, -0.15) is 11.8 Å². The van der Waals surface area contributed by atoms with Gasteiger partial charge in [-0.25, -0.2) is 4.79 Å². The lowest BCUT2D eigenvalue weighted by Gasteiger charge is -2.23. The van der Waals surface area contributed by atoms with E-state index in [1.165, 1.54) is 0 Å². The lowest BCUT2D eigenvalue weighted by molar-refractivity contribution is -0.141. The number of carboxylic acid groups (broad SMARTS) is 1. The summed E-state index contributed by atoms with van der Waals surface area (Å²) in [6.07, 6.45) is 1.97. The third-order valence-electron chi connectivity index (χ3n) is 2.47. The van der Waals surface area contributed by atoms with Gasteiger partial charge in [0.25, 0.3) is 0 Å². The average Bonchev–Trinajstić information content (AvgIpc) is 2.24. The van der Waals surface area contributed by atoms with Crippen LogP contribution >= 0.6 is 11.8 Å². The van der Waals surface area contributed by atoms with E-state index in [4.69, 9.17) is 5.11 Å². The van der Waals surface area contributed by atoms with Crippen LogP contribution in [0.4, 0.5) is 4.79 Å². The van der Waals surface area contributed by atoms with Crippen molar-refractivity contribution in [3.63, 3.8) is 0 Å². The van der Waals surface area contributed by atoms with Gasteiger partial charge in [0.2, 0.25) is 0 Å². The minimum Gasteiger partial charge on any atom is -0.481 e. The van der Waals surface area contributed by atoms with Crippen molar-refractivity contribution in [2.45, 2.75) is 19.9 Å². The maximum Gasteiger partial charge on any atom is 0.317 e. The molecule has 94 valence electrons. The fourth-order valence-corrected chi connectivity index (χ4v) is 1.43. The van der Waals surface area contributed by atoms with Crippen molar-refractivity contribution in [2.75, 3.05) is 25.6 Å². The number of carbonyl (C=O) groups is 2. The van der Waals surface area contributed by atoms with E-state index in [0.717, 1.165) is 5.75 Å². The van der Waals surface area contributed by atoms with E-state index in [-0.39, 0.29) is 12.1 Å². The van der Waals surface area contributed by atoms with Gasteiger partial charge in [-0.05, 0) is 20.1 Å². The Morgan fingerprint density at radius 2 is 2.00 bits per heavy atom. The molecule has 16 heavy (non-hydrogen) atoms. The van der Waals surface area contributed by atoms with Gasteiger partial charge in [0.05, 0.1) is 5.92 Å². The summed E-state index contributed by atoms with van der Waals surface area (Å²) in [6.45, 7) is 3.93. The van der Waals surface area contributed by atoms with Gasteiger partial charge < -0.3 is 15.3 Å². The predicted molar refractivity (Wildman–Crippen MR) is 65.8 cm³/mol. The summed E-state index contributed by atoms with van der Waals surface area (Å²) in [5, 5.41) is 11.4. The summed E-state index contributed by atoms with van der Waals surface area (Å²) in [7, 11) is 1.70. The number of rotatable bonds is 6. The molecule has 0 aliphatic heterocycles. The second-order valence-electron chi connectivity index (χ2n) is 3.78. The first-order valence-corrected chi connectivity index (χ1v) is 6.53. The summed E-state index contributed by atoms with van der Waals surface area (Å²) < 4.78 is 0. The standard InChI is InChI=1S/C10H20N2O3S/c1-7(9(13)14)8(2)11-10(15)12(3)5-6-16-4/h7-8H,5-6H2,1-4H3,(H,11,15)(H,13,14). The van der Waals surface area contributed by atoms with Crippen molar-refractivity contribution < 1.29 is 14.7 Å². The molecular formula is C10H20N2O3S. The Bertz CT molecular complexity index is 248. The zero-order valence-corrected chi connectivity index (χ0v) is 11.0. The molecule has 0 heterocycles. The first kappa shape index (κ1) is 15.1. The second-order valence-corrected chi connectivity index (χ2v) is 4.77. The van der Waals surface area contributed by atoms with Crippen LogP contribution < -0.4 is 5.32 Å². The molecule has 2 N–H and O–H groups in total. The largest absolute Gasteiger partial charge is 0.481 e. The van der Waals surface area contributed by atoms with Crippen LogP contribution in [0.3, 0.4) is 0 Å². The number of hydrogen-bond acceptors (Lipinski definition) is 3. The zero-order chi connectivity index (χ0) is 12.7. The van der Waals surface area contributed by atoms with Crippen LogP contribution in [0.15, 0.2) is 0 Å². The summed E-state index contributed by atoms with van der Waals surface area (Å²) >= 11 is 1.66. The number of nitrogens with zero attached hydrogens (tertiary/aromatic N) is 1. The Kier molecular flexibility index (Phi) is 6.96. The highest BCUT2D eigenvalue weighted by Crippen LogP contribution is 2.03. The van der Waals surface area contributed by atoms with Gasteiger partial charge in [0, 0.05) is 25.4 Å². The lowest BCUT2D eigenvalue weighted by Crippen LogP contribution is -2.46. The molecule has 0 aromatic heterocycles. The average molecular weight is 248 g/mol. The van der Waals surface area contributed by atoms with Crippen molar-refractivity contribution in [2.24, 2.45) is 5.92 Å². The minimum atomic E-state index is -0.903. The highest BCUT2D eigenvalue weighted by molar-refractivity contribution is 7.98. The fraction of sp³-hybridized carbons (Fsp3) is 0.800. The topological polar surface area (TPSA) is 69.6 Å². The zero-order valence-electron chi connectivity index (χ0n) is 10.2. The first-order valence-electron chi connectivity index (χ1n) is 5.13. The molecular weight excluding hydrogens is 228 g/mol. The van der Waals surface area contributed by atoms with Crippen LogP contribution in [0, 0.1) is 5.92 Å². The number of nitrogens with one attached hydrogen (secondary N) is 1. The number of amides is 2. The van der Waals surface area contributed by atoms with Crippen molar-refractivity contribution >= 4 is 23.8 Å². The third-order valence-corrected chi connectivity index (χ3v) is 3.06. The number of hydrogen-bond donors (Lipinski definition) is 2. The van der Waals surface area contributed by atoms with E-state index >= 15 is 0 Å². The molecule has 0 aliphatic carbocycles. The third kappa shape index (κ3) is 5.25. The number of carbonyl (C=O) groups excluding carboxylic acids is 1. The molecule has 6 heteroatoms. The second kappa shape index (κ2) is 7.38. The van der Waals surface area contributed by atoms with Gasteiger partial charge in [-0.1, -0.05) is 0 Å². The van der Waals surface area contributed by atoms with Crippen LogP contribution in [-0.4, -0.2) is 53.6 Å². The summed E-state index contributed by atoms with van der Waals surface area (Å²) in [5.41, 5.74) is 0. The van der Waals surface area contributed by atoms with Crippen molar-refractivity contribution in [1.29, 1.82) is 0 Å². The number of carboxylic acids is 1. The van der Waals surface area contributed by atoms with Gasteiger partial charge in [0.15, 0.2) is 0 Å². The van der Waals surface area contributed by atoms with Gasteiger partial charge >= 0.3 is 12.0 Å². The monoisotopic (exact) mass is 248 g/mol. The molecule has 2 amide bonds. The molecule has 0 aliphatic rings. The molecule has 0 aromatic carbocycles. The molecule has 0 spiro atoms. The molecule has 0 saturated heterocycles. The number of urea groups is 1. The smallest absolute Gasteiger partial charge is 0.317 e. The molecule has 0 rings (SSSR count). The molecule has 5 nitrogen and oxygen atoms in total. The Morgan fingerprint density at radius 3 is 2.44 bits per heavy atom. The molecule has 2 unspecified atom stereocenters. The number of aliphatic carboxylic acids is 1. The van der Waals surface area contributed by atoms with E-state index < -0.39 is 11.9 Å². The highest BCUT2D eigenvalue weighted by Gasteiger charge is 2.21. The molecule has 0 bridgehead atoms. The van der Waals surface area contributed by atoms with E-state index in [9.17, 15) is 9.59 Å². The van der Waals surface area contributed by atoms with Gasteiger partial charge in [-0.3, -0.25) is 4.79 Å². The van der Waals surface area contributed by atoms with Gasteiger partial charge in [-0.15, -0.1) is 0 Å². The number of thioether (sulfide) groups is 1. The first-order chi connectivity index (χ1) is 7.40. The maximum absolute atomic E-state index is 11.6. The maximum atomic E-state index is 11.6. The van der Waals surface area contributed by atoms with Gasteiger partial charge in [0.1, 0.15) is 0 Å². The Labute approximate surface area is 101 Å². The van der Waals surface area contributed by atoms with Crippen LogP contribution in [0.1, 0.15) is 13.8 Å². The predicted octanol–water partition coefficient (Wildman–Crippen LogP) is 1.10. The summed E-state index contributed by atoms with van der Waals surface area (Å²) in [5.74, 6) is -0.621. The molecule has 0 saturated carbocycles. The van der Waals surface area contributed by atoms with E-state index in [2.05, 4.69) is 5.32 Å². The molecule has 0 fully saturated rings. The fourth-order valence-electron chi connectivity index (χ4n) is 0.974. The van der Waals surface area contributed by atoms with Crippen LogP contribution in [-0.2, 0) is 4.79 Å². The van der Waals surface area contributed by atoms with E-state index in [0.29, 0.717) is 6.54 Å². The normalized spacial score (nSPS) is 14.0. The van der Waals surface area contributed by atoms with E-state index in [1.54, 1.807) is 37.6 Å². The van der Waals surface area contributed by atoms with Crippen LogP contribution in [0.25, 0.3) is 0 Å². The van der Waals surface area contributed by atoms with Crippen molar-refractivity contribution in [1.82, 2.24) is 10.2 Å². The molecule has 0 radical (unpaired) electrons. The quantitative estimate of drug-likeness (QED) is 0.738. The minimum absolute atomic E-state index is 0.227. The SMILES string of the molecule is CSCCN(C)C(=O)NC(C)C(C)C(=O)O. The molecule has 2 atom stereocenters. The highest BCUT2D eigenvalue weighted by atomic mass is 32.2. The van der Waals surface area contributed by atoms with E-state index in [1.807, 2.05) is 6.26 Å². The lowest BCUT2D eigenvalue weighted by atomic mass is 10.0. The molecule has 0 aromatic rings. The Morgan fingerprint density at radius 1 is 1.44 bits per heavy atom. The van der Waals surface area contributed by atoms with Crippen LogP contribution in [0.5, 0.6) is 0 Å². The Balaban J connectivity index is 4.07. The summed E-state index contributed by atoms with van der Waals surface area (Å²) in [4.78, 5) is 23.9. The summed E-state index contributed by atoms with van der Waals surface area (Å²) in [6, 6.07) is -0.601.